The number of carbonyl (C=O) groups is 1. The van der Waals surface area contributed by atoms with Crippen LogP contribution in [0.4, 0.5) is 0 Å². The van der Waals surface area contributed by atoms with Crippen molar-refractivity contribution >= 4 is 5.78 Å². The van der Waals surface area contributed by atoms with Gasteiger partial charge in [0.1, 0.15) is 0 Å². The number of ether oxygens (including phenoxy) is 2. The van der Waals surface area contributed by atoms with Crippen LogP contribution >= 0.6 is 0 Å². The largest absolute Gasteiger partial charge is 0.341 e. The zero-order chi connectivity index (χ0) is 8.60. The highest BCUT2D eigenvalue weighted by molar-refractivity contribution is 5.87. The smallest absolute Gasteiger partial charge is 0.229 e. The second-order valence-electron chi connectivity index (χ2n) is 3.72. The van der Waals surface area contributed by atoms with E-state index in [1.807, 2.05) is 0 Å². The van der Waals surface area contributed by atoms with Gasteiger partial charge in [-0.2, -0.15) is 0 Å². The third kappa shape index (κ3) is 1.17. The summed E-state index contributed by atoms with van der Waals surface area (Å²) in [6, 6.07) is 0. The Kier molecular flexibility index (Phi) is 1.93. The standard InChI is InChI=1S/C9H14O3/c1-7-2-3-9(8(10)6-7)11-4-5-12-9/h7H,2-6H2,1H3. The fraction of sp³-hybridized carbons (Fsp3) is 0.889. The molecule has 12 heavy (non-hydrogen) atoms. The Balaban J connectivity index is 2.11. The zero-order valence-electron chi connectivity index (χ0n) is 7.34. The minimum Gasteiger partial charge on any atom is -0.341 e. The van der Waals surface area contributed by atoms with Crippen LogP contribution in [0.5, 0.6) is 0 Å². The summed E-state index contributed by atoms with van der Waals surface area (Å²) >= 11 is 0. The van der Waals surface area contributed by atoms with Crippen LogP contribution in [0.15, 0.2) is 0 Å². The first-order valence-corrected chi connectivity index (χ1v) is 4.54. The molecule has 68 valence electrons. The van der Waals surface area contributed by atoms with Gasteiger partial charge >= 0.3 is 0 Å². The molecule has 0 aromatic carbocycles. The molecule has 1 unspecified atom stereocenters. The van der Waals surface area contributed by atoms with Crippen molar-refractivity contribution in [2.24, 2.45) is 5.92 Å². The minimum atomic E-state index is -0.827. The molecular weight excluding hydrogens is 156 g/mol. The predicted molar refractivity (Wildman–Crippen MR) is 42.7 cm³/mol. The summed E-state index contributed by atoms with van der Waals surface area (Å²) in [6.45, 7) is 3.24. The van der Waals surface area contributed by atoms with E-state index >= 15 is 0 Å². The molecular formula is C9H14O3. The molecule has 0 aromatic heterocycles. The maximum atomic E-state index is 11.6. The number of rotatable bonds is 0. The molecule has 1 atom stereocenters. The first kappa shape index (κ1) is 8.20. The Bertz CT molecular complexity index is 194. The van der Waals surface area contributed by atoms with E-state index in [9.17, 15) is 4.79 Å². The van der Waals surface area contributed by atoms with Gasteiger partial charge in [-0.1, -0.05) is 6.92 Å². The summed E-state index contributed by atoms with van der Waals surface area (Å²) in [5.74, 6) is -0.193. The van der Waals surface area contributed by atoms with Crippen LogP contribution in [-0.2, 0) is 14.3 Å². The molecule has 3 nitrogen and oxygen atoms in total. The van der Waals surface area contributed by atoms with Crippen LogP contribution in [-0.4, -0.2) is 24.8 Å². The van der Waals surface area contributed by atoms with E-state index in [1.54, 1.807) is 0 Å². The van der Waals surface area contributed by atoms with Crippen molar-refractivity contribution in [3.05, 3.63) is 0 Å². The number of hydrogen-bond donors (Lipinski definition) is 0. The predicted octanol–water partition coefficient (Wildman–Crippen LogP) is 1.12. The van der Waals surface area contributed by atoms with Gasteiger partial charge in [0.25, 0.3) is 0 Å². The van der Waals surface area contributed by atoms with Crippen molar-refractivity contribution in [1.82, 2.24) is 0 Å². The summed E-state index contributed by atoms with van der Waals surface area (Å²) in [4.78, 5) is 11.6. The van der Waals surface area contributed by atoms with Gasteiger partial charge < -0.3 is 9.47 Å². The van der Waals surface area contributed by atoms with Crippen molar-refractivity contribution in [3.63, 3.8) is 0 Å². The molecule has 1 heterocycles. The van der Waals surface area contributed by atoms with E-state index in [2.05, 4.69) is 6.92 Å². The Labute approximate surface area is 72.0 Å². The third-order valence-corrected chi connectivity index (χ3v) is 2.68. The number of carbonyl (C=O) groups excluding carboxylic acids is 1. The average Bonchev–Trinajstić information content (AvgIpc) is 2.48. The topological polar surface area (TPSA) is 35.5 Å². The number of Topliss-reactive ketones (excluding diaryl/α,β-unsaturated/α-hetero) is 1. The highest BCUT2D eigenvalue weighted by atomic mass is 16.7. The summed E-state index contributed by atoms with van der Waals surface area (Å²) < 4.78 is 10.7. The molecule has 1 aliphatic heterocycles. The second kappa shape index (κ2) is 2.82. The fourth-order valence-electron chi connectivity index (χ4n) is 1.91. The molecule has 3 heteroatoms. The average molecular weight is 170 g/mol. The maximum absolute atomic E-state index is 11.6. The van der Waals surface area contributed by atoms with E-state index in [1.165, 1.54) is 0 Å². The first-order valence-electron chi connectivity index (χ1n) is 4.54. The molecule has 0 radical (unpaired) electrons. The van der Waals surface area contributed by atoms with Gasteiger partial charge in [-0.25, -0.2) is 0 Å². The molecule has 1 saturated heterocycles. The van der Waals surface area contributed by atoms with Crippen molar-refractivity contribution in [2.45, 2.75) is 32.0 Å². The lowest BCUT2D eigenvalue weighted by atomic mass is 9.85. The zero-order valence-corrected chi connectivity index (χ0v) is 7.34. The third-order valence-electron chi connectivity index (χ3n) is 2.68. The quantitative estimate of drug-likeness (QED) is 0.546. The van der Waals surface area contributed by atoms with E-state index in [-0.39, 0.29) is 5.78 Å². The van der Waals surface area contributed by atoms with Gasteiger partial charge in [-0.05, 0) is 12.3 Å². The van der Waals surface area contributed by atoms with Crippen LogP contribution < -0.4 is 0 Å². The summed E-state index contributed by atoms with van der Waals surface area (Å²) in [7, 11) is 0. The maximum Gasteiger partial charge on any atom is 0.229 e. The number of ketones is 1. The van der Waals surface area contributed by atoms with Gasteiger partial charge in [0.15, 0.2) is 5.78 Å². The lowest BCUT2D eigenvalue weighted by Crippen LogP contribution is -2.44. The molecule has 2 aliphatic rings. The monoisotopic (exact) mass is 170 g/mol. The van der Waals surface area contributed by atoms with E-state index in [0.29, 0.717) is 25.6 Å². The van der Waals surface area contributed by atoms with Gasteiger partial charge in [0, 0.05) is 12.8 Å². The molecule has 1 saturated carbocycles. The summed E-state index contributed by atoms with van der Waals surface area (Å²) in [5, 5.41) is 0. The summed E-state index contributed by atoms with van der Waals surface area (Å²) in [5.41, 5.74) is 0. The van der Waals surface area contributed by atoms with Crippen molar-refractivity contribution in [2.75, 3.05) is 13.2 Å². The molecule has 2 fully saturated rings. The van der Waals surface area contributed by atoms with Crippen LogP contribution in [0.25, 0.3) is 0 Å². The fourth-order valence-corrected chi connectivity index (χ4v) is 1.91. The van der Waals surface area contributed by atoms with E-state index in [4.69, 9.17) is 9.47 Å². The first-order chi connectivity index (χ1) is 5.73. The molecule has 1 aliphatic carbocycles. The van der Waals surface area contributed by atoms with Crippen molar-refractivity contribution < 1.29 is 14.3 Å². The van der Waals surface area contributed by atoms with Crippen molar-refractivity contribution in [1.29, 1.82) is 0 Å². The van der Waals surface area contributed by atoms with Crippen LogP contribution in [0.1, 0.15) is 26.2 Å². The van der Waals surface area contributed by atoms with Crippen LogP contribution in [0.3, 0.4) is 0 Å². The molecule has 1 spiro atoms. The van der Waals surface area contributed by atoms with E-state index in [0.717, 1.165) is 12.8 Å². The van der Waals surface area contributed by atoms with Gasteiger partial charge in [0.2, 0.25) is 5.79 Å². The van der Waals surface area contributed by atoms with Crippen LogP contribution in [0.2, 0.25) is 0 Å². The Morgan fingerprint density at radius 3 is 2.67 bits per heavy atom. The lowest BCUT2D eigenvalue weighted by Gasteiger charge is -2.32. The SMILES string of the molecule is CC1CCC2(OCCO2)C(=O)C1. The molecule has 0 amide bonds. The molecule has 0 N–H and O–H groups in total. The Morgan fingerprint density at radius 2 is 2.08 bits per heavy atom. The second-order valence-corrected chi connectivity index (χ2v) is 3.72. The minimum absolute atomic E-state index is 0.138. The molecule has 2 rings (SSSR count). The Morgan fingerprint density at radius 1 is 1.42 bits per heavy atom. The highest BCUT2D eigenvalue weighted by Crippen LogP contribution is 2.35. The van der Waals surface area contributed by atoms with Crippen LogP contribution in [0, 0.1) is 5.92 Å². The molecule has 0 aromatic rings. The number of hydrogen-bond acceptors (Lipinski definition) is 3. The van der Waals surface area contributed by atoms with Gasteiger partial charge in [-0.3, -0.25) is 4.79 Å². The van der Waals surface area contributed by atoms with Gasteiger partial charge in [0.05, 0.1) is 13.2 Å². The van der Waals surface area contributed by atoms with E-state index < -0.39 is 5.79 Å². The molecule has 0 bridgehead atoms. The normalized spacial score (nSPS) is 34.4. The summed E-state index contributed by atoms with van der Waals surface area (Å²) in [6.07, 6.45) is 2.39. The Hall–Kier alpha value is -0.410. The van der Waals surface area contributed by atoms with Gasteiger partial charge in [-0.15, -0.1) is 0 Å². The highest BCUT2D eigenvalue weighted by Gasteiger charge is 2.46. The van der Waals surface area contributed by atoms with Crippen molar-refractivity contribution in [3.8, 4) is 0 Å². The lowest BCUT2D eigenvalue weighted by molar-refractivity contribution is -0.190.